The zero-order valence-electron chi connectivity index (χ0n) is 10.2. The minimum absolute atomic E-state index is 0.113. The summed E-state index contributed by atoms with van der Waals surface area (Å²) in [5.74, 6) is 1.02. The second-order valence-electron chi connectivity index (χ2n) is 4.23. The molecule has 0 saturated carbocycles. The van der Waals surface area contributed by atoms with Gasteiger partial charge in [-0.1, -0.05) is 11.6 Å². The first-order chi connectivity index (χ1) is 8.56. The van der Waals surface area contributed by atoms with Gasteiger partial charge in [0.05, 0.1) is 5.02 Å². The lowest BCUT2D eigenvalue weighted by Gasteiger charge is -2.04. The van der Waals surface area contributed by atoms with E-state index in [9.17, 15) is 4.79 Å². The van der Waals surface area contributed by atoms with Gasteiger partial charge in [0.15, 0.2) is 11.5 Å². The fraction of sp³-hybridized carbons (Fsp3) is 0.308. The third-order valence-corrected chi connectivity index (χ3v) is 2.59. The number of hydrogen-bond donors (Lipinski definition) is 1. The van der Waals surface area contributed by atoms with Gasteiger partial charge in [0, 0.05) is 12.1 Å². The summed E-state index contributed by atoms with van der Waals surface area (Å²) in [4.78, 5) is 11.5. The van der Waals surface area contributed by atoms with Crippen LogP contribution in [0.3, 0.4) is 0 Å². The van der Waals surface area contributed by atoms with Crippen LogP contribution < -0.4 is 14.8 Å². The molecule has 4 nitrogen and oxygen atoms in total. The van der Waals surface area contributed by atoms with Gasteiger partial charge >= 0.3 is 0 Å². The molecule has 0 unspecified atom stereocenters. The Balaban J connectivity index is 2.13. The molecular formula is C13H14ClNO3. The summed E-state index contributed by atoms with van der Waals surface area (Å²) in [5.41, 5.74) is 0.795. The fourth-order valence-corrected chi connectivity index (χ4v) is 1.86. The summed E-state index contributed by atoms with van der Waals surface area (Å²) < 4.78 is 10.5. The van der Waals surface area contributed by atoms with E-state index in [2.05, 4.69) is 5.32 Å². The Labute approximate surface area is 111 Å². The van der Waals surface area contributed by atoms with Gasteiger partial charge in [-0.25, -0.2) is 0 Å². The molecule has 1 aromatic carbocycles. The number of fused-ring (bicyclic) bond motifs is 1. The SMILES string of the molecule is CC(C)NC(=O)/C=C/c1cc(Cl)c2c(c1)OCO2. The molecule has 1 amide bonds. The molecule has 1 heterocycles. The van der Waals surface area contributed by atoms with Gasteiger partial charge in [0.1, 0.15) is 0 Å². The number of benzene rings is 1. The highest BCUT2D eigenvalue weighted by Crippen LogP contribution is 2.39. The van der Waals surface area contributed by atoms with E-state index >= 15 is 0 Å². The summed E-state index contributed by atoms with van der Waals surface area (Å²) in [7, 11) is 0. The van der Waals surface area contributed by atoms with Crippen LogP contribution in [0.1, 0.15) is 19.4 Å². The van der Waals surface area contributed by atoms with E-state index in [0.717, 1.165) is 5.56 Å². The predicted molar refractivity (Wildman–Crippen MR) is 69.9 cm³/mol. The summed E-state index contributed by atoms with van der Waals surface area (Å²) in [6.07, 6.45) is 3.15. The molecule has 0 radical (unpaired) electrons. The highest BCUT2D eigenvalue weighted by Gasteiger charge is 2.17. The molecule has 0 spiro atoms. The number of amides is 1. The van der Waals surface area contributed by atoms with Crippen LogP contribution in [0.5, 0.6) is 11.5 Å². The lowest BCUT2D eigenvalue weighted by atomic mass is 10.2. The third kappa shape index (κ3) is 2.96. The smallest absolute Gasteiger partial charge is 0.244 e. The minimum atomic E-state index is -0.140. The number of hydrogen-bond acceptors (Lipinski definition) is 3. The molecule has 0 bridgehead atoms. The molecule has 1 aromatic rings. The third-order valence-electron chi connectivity index (χ3n) is 2.31. The van der Waals surface area contributed by atoms with Crippen LogP contribution in [0.15, 0.2) is 18.2 Å². The molecule has 5 heteroatoms. The van der Waals surface area contributed by atoms with Crippen molar-refractivity contribution in [3.63, 3.8) is 0 Å². The Morgan fingerprint density at radius 1 is 1.44 bits per heavy atom. The first-order valence-corrected chi connectivity index (χ1v) is 6.02. The first kappa shape index (κ1) is 12.8. The van der Waals surface area contributed by atoms with E-state index in [0.29, 0.717) is 16.5 Å². The van der Waals surface area contributed by atoms with Crippen LogP contribution in [0, 0.1) is 0 Å². The minimum Gasteiger partial charge on any atom is -0.454 e. The lowest BCUT2D eigenvalue weighted by Crippen LogP contribution is -2.28. The Hall–Kier alpha value is -1.68. The van der Waals surface area contributed by atoms with Crippen LogP contribution in [0.25, 0.3) is 6.08 Å². The van der Waals surface area contributed by atoms with Crippen molar-refractivity contribution in [2.24, 2.45) is 0 Å². The standard InChI is InChI=1S/C13H14ClNO3/c1-8(2)15-12(16)4-3-9-5-10(14)13-11(6-9)17-7-18-13/h3-6,8H,7H2,1-2H3,(H,15,16)/b4-3+. The summed E-state index contributed by atoms with van der Waals surface area (Å²) in [6.45, 7) is 3.99. The van der Waals surface area contributed by atoms with Crippen molar-refractivity contribution >= 4 is 23.6 Å². The zero-order chi connectivity index (χ0) is 13.1. The van der Waals surface area contributed by atoms with Crippen molar-refractivity contribution in [1.82, 2.24) is 5.32 Å². The molecule has 0 aliphatic carbocycles. The number of carbonyl (C=O) groups is 1. The maximum atomic E-state index is 11.5. The Morgan fingerprint density at radius 2 is 2.22 bits per heavy atom. The first-order valence-electron chi connectivity index (χ1n) is 5.64. The van der Waals surface area contributed by atoms with Gasteiger partial charge in [0.2, 0.25) is 12.7 Å². The molecule has 18 heavy (non-hydrogen) atoms. The molecule has 0 aromatic heterocycles. The number of ether oxygens (including phenoxy) is 2. The van der Waals surface area contributed by atoms with E-state index in [4.69, 9.17) is 21.1 Å². The highest BCUT2D eigenvalue weighted by atomic mass is 35.5. The van der Waals surface area contributed by atoms with E-state index in [1.165, 1.54) is 6.08 Å². The second-order valence-corrected chi connectivity index (χ2v) is 4.64. The number of rotatable bonds is 3. The Kier molecular flexibility index (Phi) is 3.77. The molecule has 2 rings (SSSR count). The number of halogens is 1. The van der Waals surface area contributed by atoms with Gasteiger partial charge in [0.25, 0.3) is 0 Å². The van der Waals surface area contributed by atoms with E-state index in [1.54, 1.807) is 18.2 Å². The van der Waals surface area contributed by atoms with Gasteiger partial charge in [-0.15, -0.1) is 0 Å². The monoisotopic (exact) mass is 267 g/mol. The largest absolute Gasteiger partial charge is 0.454 e. The summed E-state index contributed by atoms with van der Waals surface area (Å²) >= 11 is 6.04. The topological polar surface area (TPSA) is 47.6 Å². The molecule has 1 N–H and O–H groups in total. The summed E-state index contributed by atoms with van der Waals surface area (Å²) in [5, 5.41) is 3.25. The Bertz CT molecular complexity index is 497. The van der Waals surface area contributed by atoms with Crippen molar-refractivity contribution in [2.45, 2.75) is 19.9 Å². The van der Waals surface area contributed by atoms with Crippen LogP contribution >= 0.6 is 11.6 Å². The normalized spacial score (nSPS) is 13.3. The molecule has 96 valence electrons. The molecule has 0 saturated heterocycles. The van der Waals surface area contributed by atoms with Crippen LogP contribution in [0.4, 0.5) is 0 Å². The van der Waals surface area contributed by atoms with Crippen molar-refractivity contribution in [3.8, 4) is 11.5 Å². The van der Waals surface area contributed by atoms with Gasteiger partial charge in [-0.05, 0) is 37.6 Å². The average molecular weight is 268 g/mol. The average Bonchev–Trinajstić information content (AvgIpc) is 2.74. The maximum absolute atomic E-state index is 11.5. The second kappa shape index (κ2) is 5.31. The van der Waals surface area contributed by atoms with Gasteiger partial charge in [-0.3, -0.25) is 4.79 Å². The van der Waals surface area contributed by atoms with Crippen molar-refractivity contribution < 1.29 is 14.3 Å². The molecule has 0 fully saturated rings. The quantitative estimate of drug-likeness (QED) is 0.857. The summed E-state index contributed by atoms with van der Waals surface area (Å²) in [6, 6.07) is 3.63. The molecular weight excluding hydrogens is 254 g/mol. The lowest BCUT2D eigenvalue weighted by molar-refractivity contribution is -0.116. The van der Waals surface area contributed by atoms with Crippen LogP contribution in [-0.4, -0.2) is 18.7 Å². The molecule has 1 aliphatic rings. The fourth-order valence-electron chi connectivity index (χ4n) is 1.59. The maximum Gasteiger partial charge on any atom is 0.244 e. The van der Waals surface area contributed by atoms with Crippen LogP contribution in [0.2, 0.25) is 5.02 Å². The highest BCUT2D eigenvalue weighted by molar-refractivity contribution is 6.32. The van der Waals surface area contributed by atoms with Gasteiger partial charge in [-0.2, -0.15) is 0 Å². The van der Waals surface area contributed by atoms with Crippen LogP contribution in [-0.2, 0) is 4.79 Å². The van der Waals surface area contributed by atoms with Crippen molar-refractivity contribution in [3.05, 3.63) is 28.8 Å². The van der Waals surface area contributed by atoms with E-state index in [1.807, 2.05) is 13.8 Å². The van der Waals surface area contributed by atoms with E-state index in [-0.39, 0.29) is 18.7 Å². The zero-order valence-corrected chi connectivity index (χ0v) is 11.0. The number of carbonyl (C=O) groups excluding carboxylic acids is 1. The van der Waals surface area contributed by atoms with E-state index < -0.39 is 0 Å². The molecule has 0 atom stereocenters. The van der Waals surface area contributed by atoms with Gasteiger partial charge < -0.3 is 14.8 Å². The van der Waals surface area contributed by atoms with Crippen molar-refractivity contribution in [2.75, 3.05) is 6.79 Å². The Morgan fingerprint density at radius 3 is 2.94 bits per heavy atom. The van der Waals surface area contributed by atoms with Crippen molar-refractivity contribution in [1.29, 1.82) is 0 Å². The predicted octanol–water partition coefficient (Wildman–Crippen LogP) is 2.61. The number of nitrogens with one attached hydrogen (secondary N) is 1. The molecule has 1 aliphatic heterocycles.